The second-order valence-corrected chi connectivity index (χ2v) is 24.8. The van der Waals surface area contributed by atoms with Gasteiger partial charge in [-0.2, -0.15) is 0 Å². The molecule has 6 aromatic rings. The predicted molar refractivity (Wildman–Crippen MR) is 370 cm³/mol. The predicted octanol–water partition coefficient (Wildman–Crippen LogP) is -1.95. The van der Waals surface area contributed by atoms with Crippen LogP contribution in [0.4, 0.5) is 0 Å². The molecular formula is C70H86N16O18. The van der Waals surface area contributed by atoms with Crippen LogP contribution in [0.2, 0.25) is 0 Å². The molecule has 34 nitrogen and oxygen atoms in total. The zero-order chi connectivity index (χ0) is 75.9. The van der Waals surface area contributed by atoms with E-state index in [9.17, 15) is 78.0 Å². The summed E-state index contributed by atoms with van der Waals surface area (Å²) >= 11 is 0. The third-order valence-corrected chi connectivity index (χ3v) is 16.2. The number of phenolic OH excluding ortho intramolecular Hbond substituents is 2. The highest BCUT2D eigenvalue weighted by molar-refractivity contribution is 5.96. The number of carboxylic acid groups (broad SMARTS) is 2. The Morgan fingerprint density at radius 1 is 0.356 bits per heavy atom. The fraction of sp³-hybridized carbons (Fsp3) is 0.371. The van der Waals surface area contributed by atoms with Gasteiger partial charge in [0, 0.05) is 128 Å². The van der Waals surface area contributed by atoms with E-state index in [4.69, 9.17) is 0 Å². The number of hydrogen-bond donors (Lipinski definition) is 18. The van der Waals surface area contributed by atoms with Crippen molar-refractivity contribution in [2.24, 2.45) is 5.41 Å². The number of carbonyl (C=O) groups is 14. The van der Waals surface area contributed by atoms with Crippen molar-refractivity contribution in [3.63, 3.8) is 0 Å². The average Bonchev–Trinajstić information content (AvgIpc) is 1.00. The van der Waals surface area contributed by atoms with Gasteiger partial charge in [-0.05, 0) is 52.9 Å². The molecule has 104 heavy (non-hydrogen) atoms. The number of rotatable bonds is 41. The first-order valence-electron chi connectivity index (χ1n) is 32.9. The summed E-state index contributed by atoms with van der Waals surface area (Å²) in [6.07, 6.45) is 1.62. The van der Waals surface area contributed by atoms with Gasteiger partial charge in [0.2, 0.25) is 70.9 Å². The van der Waals surface area contributed by atoms with Crippen LogP contribution in [-0.4, -0.2) is 198 Å². The van der Waals surface area contributed by atoms with Crippen LogP contribution < -0.4 is 63.8 Å². The number of amides is 12. The third kappa shape index (κ3) is 27.9. The summed E-state index contributed by atoms with van der Waals surface area (Å²) in [4.78, 5) is 206. The number of aromatic hydroxyl groups is 2. The molecule has 6 rings (SSSR count). The third-order valence-electron chi connectivity index (χ3n) is 16.2. The normalized spacial score (nSPS) is 13.3. The molecule has 0 saturated heterocycles. The molecule has 2 heterocycles. The molecule has 0 aliphatic heterocycles. The molecule has 34 heteroatoms. The van der Waals surface area contributed by atoms with Crippen LogP contribution in [0.15, 0.2) is 134 Å². The first-order chi connectivity index (χ1) is 49.5. The highest BCUT2D eigenvalue weighted by Crippen LogP contribution is 2.19. The number of hydrogen-bond acceptors (Lipinski definition) is 18. The number of aromatic amines is 2. The summed E-state index contributed by atoms with van der Waals surface area (Å²) in [5, 5.41) is 71.2. The zero-order valence-corrected chi connectivity index (χ0v) is 57.4. The molecule has 0 fully saturated rings. The minimum absolute atomic E-state index is 0.0922. The Labute approximate surface area is 596 Å². The second kappa shape index (κ2) is 40.1. The van der Waals surface area contributed by atoms with Crippen LogP contribution >= 0.6 is 0 Å². The van der Waals surface area contributed by atoms with Crippen LogP contribution in [0.3, 0.4) is 0 Å². The fourth-order valence-electron chi connectivity index (χ4n) is 10.9. The van der Waals surface area contributed by atoms with Crippen molar-refractivity contribution in [1.29, 1.82) is 0 Å². The number of nitrogens with one attached hydrogen (secondary N) is 14. The van der Waals surface area contributed by atoms with E-state index >= 15 is 9.59 Å². The Bertz CT molecular complexity index is 3780. The van der Waals surface area contributed by atoms with Gasteiger partial charge in [-0.3, -0.25) is 67.1 Å². The van der Waals surface area contributed by atoms with Gasteiger partial charge in [0.25, 0.3) is 0 Å². The quantitative estimate of drug-likeness (QED) is 0.0198. The molecule has 18 N–H and O–H groups in total. The number of aromatic nitrogens is 4. The first kappa shape index (κ1) is 80.5. The van der Waals surface area contributed by atoms with Gasteiger partial charge in [-0.25, -0.2) is 9.97 Å². The van der Waals surface area contributed by atoms with Crippen LogP contribution in [-0.2, 0) is 106 Å². The van der Waals surface area contributed by atoms with Crippen LogP contribution in [0.1, 0.15) is 80.6 Å². The SMILES string of the molecule is CC(=O)N[C@@H](Cc1ccccc1)C(=O)N[C@@H](CCC(=O)O)C(=O)NCC(CNC(=O)[C@H](CC(=O)O)NC(=O)[C@H](Cc1ccccc1)NC(C)=O)(CNC(=O)[C@H](Cc1cnc[nH]1)NC(=O)[C@H](Cc1ccc(O)cc1)NC(C)=O)CNC(=O)[C@H](Cc1cnc[nH]1)NC(=O)[C@H](Cc1ccc(O)cc1)NC(C)=O. The molecule has 0 unspecified atom stereocenters. The largest absolute Gasteiger partial charge is 0.508 e. The second-order valence-electron chi connectivity index (χ2n) is 24.8. The van der Waals surface area contributed by atoms with Crippen molar-refractivity contribution in [1.82, 2.24) is 83.7 Å². The van der Waals surface area contributed by atoms with E-state index in [0.29, 0.717) is 22.3 Å². The Hall–Kier alpha value is -12.5. The van der Waals surface area contributed by atoms with Crippen LogP contribution in [0, 0.1) is 5.41 Å². The maximum atomic E-state index is 15.2. The lowest BCUT2D eigenvalue weighted by molar-refractivity contribution is -0.141. The number of H-pyrrole nitrogens is 2. The maximum Gasteiger partial charge on any atom is 0.305 e. The standard InChI is InChI=1S/C70H86N16O18/c1-40(87)79-53(25-44-11-7-5-8-12-44)66(101)83-52(23-24-60(93)94)62(97)73-34-70(37-76-65(100)59(31-61(95)96)86-69(104)54(80-41(2)88)26-45-13-9-6-10-14-45,35-74-63(98)57(29-48-32-71-38-77-48)84-67(102)55(81-42(3)89)27-46-15-19-50(91)20-16-46)36-75-64(99)58(30-49-33-72-39-78-49)85-68(103)56(82-43(4)90)28-47-17-21-51(92)22-18-47/h5-22,32-33,38-39,52-59,91-92H,23-31,34-37H2,1-4H3,(H,71,77)(H,72,78)(H,73,97)(H,74,98)(H,75,99)(H,76,100)(H,79,87)(H,80,88)(H,81,89)(H,82,90)(H,83,101)(H,84,102)(H,85,103)(H,86,104)(H,93,94)(H,95,96)/t52-,53-,54-,55-,56-,57-,58-,59-/m0/s1. The lowest BCUT2D eigenvalue weighted by Crippen LogP contribution is -2.63. The van der Waals surface area contributed by atoms with Gasteiger partial charge < -0.3 is 94.2 Å². The van der Waals surface area contributed by atoms with Crippen molar-refractivity contribution in [3.05, 3.63) is 168 Å². The van der Waals surface area contributed by atoms with Crippen LogP contribution in [0.25, 0.3) is 0 Å². The minimum atomic E-state index is -2.09. The van der Waals surface area contributed by atoms with E-state index in [0.717, 1.165) is 27.7 Å². The first-order valence-corrected chi connectivity index (χ1v) is 32.9. The van der Waals surface area contributed by atoms with E-state index in [1.54, 1.807) is 60.7 Å². The maximum absolute atomic E-state index is 15.2. The summed E-state index contributed by atoms with van der Waals surface area (Å²) in [6, 6.07) is 15.9. The average molecular weight is 1440 g/mol. The lowest BCUT2D eigenvalue weighted by Gasteiger charge is -2.37. The number of phenols is 2. The number of imidazole rings is 2. The summed E-state index contributed by atoms with van der Waals surface area (Å²) in [7, 11) is 0. The summed E-state index contributed by atoms with van der Waals surface area (Å²) in [6.45, 7) is 1.30. The monoisotopic (exact) mass is 1440 g/mol. The summed E-state index contributed by atoms with van der Waals surface area (Å²) < 4.78 is 0. The van der Waals surface area contributed by atoms with Gasteiger partial charge in [0.1, 0.15) is 59.8 Å². The molecular weight excluding hydrogens is 1350 g/mol. The Balaban J connectivity index is 1.47. The fourth-order valence-corrected chi connectivity index (χ4v) is 10.9. The molecule has 0 aliphatic carbocycles. The number of nitrogens with zero attached hydrogens (tertiary/aromatic N) is 2. The Morgan fingerprint density at radius 3 is 0.942 bits per heavy atom. The van der Waals surface area contributed by atoms with E-state index in [-0.39, 0.29) is 61.4 Å². The van der Waals surface area contributed by atoms with Crippen molar-refractivity contribution >= 4 is 82.8 Å². The van der Waals surface area contributed by atoms with Gasteiger partial charge >= 0.3 is 11.9 Å². The van der Waals surface area contributed by atoms with Crippen molar-refractivity contribution in [2.45, 2.75) is 134 Å². The van der Waals surface area contributed by atoms with Gasteiger partial charge in [0.05, 0.1) is 19.1 Å². The molecule has 4 aromatic carbocycles. The lowest BCUT2D eigenvalue weighted by atomic mass is 9.86. The molecule has 0 radical (unpaired) electrons. The number of aliphatic carboxylic acids is 2. The van der Waals surface area contributed by atoms with E-state index < -0.39 is 182 Å². The van der Waals surface area contributed by atoms with Crippen molar-refractivity contribution in [3.8, 4) is 11.5 Å². The number of benzene rings is 4. The Morgan fingerprint density at radius 2 is 0.644 bits per heavy atom. The zero-order valence-electron chi connectivity index (χ0n) is 57.4. The number of carboxylic acids is 2. The van der Waals surface area contributed by atoms with E-state index in [1.165, 1.54) is 73.6 Å². The molecule has 8 atom stereocenters. The van der Waals surface area contributed by atoms with Crippen molar-refractivity contribution < 1.29 is 87.5 Å². The molecule has 0 bridgehead atoms. The molecule has 0 saturated carbocycles. The van der Waals surface area contributed by atoms with E-state index in [1.807, 2.05) is 0 Å². The Kier molecular flexibility index (Phi) is 31.0. The van der Waals surface area contributed by atoms with Gasteiger partial charge in [0.15, 0.2) is 0 Å². The molecule has 0 spiro atoms. The highest BCUT2D eigenvalue weighted by Gasteiger charge is 2.39. The van der Waals surface area contributed by atoms with Crippen molar-refractivity contribution in [2.75, 3.05) is 26.2 Å². The molecule has 12 amide bonds. The molecule has 2 aromatic heterocycles. The minimum Gasteiger partial charge on any atom is -0.508 e. The summed E-state index contributed by atoms with van der Waals surface area (Å²) in [5.74, 6) is -13.9. The van der Waals surface area contributed by atoms with E-state index in [2.05, 4.69) is 83.7 Å². The van der Waals surface area contributed by atoms with Gasteiger partial charge in [-0.15, -0.1) is 0 Å². The molecule has 0 aliphatic rings. The molecule has 554 valence electrons. The summed E-state index contributed by atoms with van der Waals surface area (Å²) in [5.41, 5.74) is 0.559. The topological polar surface area (TPSA) is 522 Å². The number of carbonyl (C=O) groups excluding carboxylic acids is 12. The van der Waals surface area contributed by atoms with Crippen LogP contribution in [0.5, 0.6) is 11.5 Å². The highest BCUT2D eigenvalue weighted by atomic mass is 16.4. The smallest absolute Gasteiger partial charge is 0.305 e. The van der Waals surface area contributed by atoms with Gasteiger partial charge in [-0.1, -0.05) is 84.9 Å².